The number of nitrogens with zero attached hydrogens (tertiary/aromatic N) is 2. The van der Waals surface area contributed by atoms with Gasteiger partial charge in [0.15, 0.2) is 11.5 Å². The van der Waals surface area contributed by atoms with Crippen molar-refractivity contribution >= 4 is 5.97 Å². The minimum atomic E-state index is -1.07. The highest BCUT2D eigenvalue weighted by atomic mass is 16.5. The van der Waals surface area contributed by atoms with E-state index in [1.54, 1.807) is 0 Å². The molecule has 0 saturated heterocycles. The highest BCUT2D eigenvalue weighted by Crippen LogP contribution is 2.12. The van der Waals surface area contributed by atoms with Crippen molar-refractivity contribution in [2.24, 2.45) is 0 Å². The van der Waals surface area contributed by atoms with Crippen LogP contribution in [0, 0.1) is 6.92 Å². The molecule has 0 aliphatic heterocycles. The fourth-order valence-corrected chi connectivity index (χ4v) is 1.89. The number of carboxylic acid groups (broad SMARTS) is 1. The topological polar surface area (TPSA) is 66.6 Å². The second kappa shape index (κ2) is 5.67. The third-order valence-electron chi connectivity index (χ3n) is 2.91. The second-order valence-electron chi connectivity index (χ2n) is 4.58. The van der Waals surface area contributed by atoms with Crippen LogP contribution in [0.3, 0.4) is 0 Å². The quantitative estimate of drug-likeness (QED) is 0.893. The van der Waals surface area contributed by atoms with Crippen LogP contribution in [0.1, 0.15) is 27.4 Å². The summed E-state index contributed by atoms with van der Waals surface area (Å²) in [7, 11) is 1.95. The molecule has 0 bridgehead atoms. The van der Waals surface area contributed by atoms with Crippen molar-refractivity contribution in [2.75, 3.05) is 7.05 Å². The van der Waals surface area contributed by atoms with Crippen LogP contribution in [-0.4, -0.2) is 28.2 Å². The second-order valence-corrected chi connectivity index (χ2v) is 4.58. The van der Waals surface area contributed by atoms with Crippen molar-refractivity contribution in [1.82, 2.24) is 10.1 Å². The number of hydrogen-bond acceptors (Lipinski definition) is 4. The Kier molecular flexibility index (Phi) is 3.97. The maximum Gasteiger partial charge on any atom is 0.358 e. The first-order valence-electron chi connectivity index (χ1n) is 5.98. The standard InChI is InChI=1S/C14H16N2O3/c1-10-5-3-4-6-11(10)8-16(2)9-12-7-13(14(17)18)15-19-12/h3-7H,8-9H2,1-2H3,(H,17,18). The summed E-state index contributed by atoms with van der Waals surface area (Å²) in [6.07, 6.45) is 0. The van der Waals surface area contributed by atoms with Crippen LogP contribution in [0.25, 0.3) is 0 Å². The summed E-state index contributed by atoms with van der Waals surface area (Å²) in [5.41, 5.74) is 2.42. The van der Waals surface area contributed by atoms with Crippen LogP contribution < -0.4 is 0 Å². The first kappa shape index (κ1) is 13.3. The SMILES string of the molecule is Cc1ccccc1CN(C)Cc1cc(C(=O)O)no1. The number of aryl methyl sites for hydroxylation is 1. The van der Waals surface area contributed by atoms with Crippen LogP contribution in [0.5, 0.6) is 0 Å². The van der Waals surface area contributed by atoms with Crippen LogP contribution in [0.15, 0.2) is 34.9 Å². The number of aromatic nitrogens is 1. The lowest BCUT2D eigenvalue weighted by molar-refractivity contribution is 0.0685. The molecule has 2 rings (SSSR count). The smallest absolute Gasteiger partial charge is 0.358 e. The molecule has 1 aromatic carbocycles. The number of carbonyl (C=O) groups is 1. The number of hydrogen-bond donors (Lipinski definition) is 1. The highest BCUT2D eigenvalue weighted by molar-refractivity contribution is 5.85. The molecular formula is C14H16N2O3. The van der Waals surface area contributed by atoms with Crippen molar-refractivity contribution in [3.63, 3.8) is 0 Å². The lowest BCUT2D eigenvalue weighted by atomic mass is 10.1. The fourth-order valence-electron chi connectivity index (χ4n) is 1.89. The van der Waals surface area contributed by atoms with Gasteiger partial charge in [-0.15, -0.1) is 0 Å². The maximum atomic E-state index is 10.7. The number of benzene rings is 1. The van der Waals surface area contributed by atoms with Crippen molar-refractivity contribution in [2.45, 2.75) is 20.0 Å². The largest absolute Gasteiger partial charge is 0.476 e. The predicted octanol–water partition coefficient (Wildman–Crippen LogP) is 2.31. The zero-order valence-electron chi connectivity index (χ0n) is 11.0. The predicted molar refractivity (Wildman–Crippen MR) is 69.8 cm³/mol. The molecule has 5 nitrogen and oxygen atoms in total. The summed E-state index contributed by atoms with van der Waals surface area (Å²) in [5, 5.41) is 12.3. The van der Waals surface area contributed by atoms with Gasteiger partial charge in [-0.1, -0.05) is 29.4 Å². The van der Waals surface area contributed by atoms with E-state index in [0.29, 0.717) is 12.3 Å². The third-order valence-corrected chi connectivity index (χ3v) is 2.91. The average molecular weight is 260 g/mol. The molecule has 0 atom stereocenters. The van der Waals surface area contributed by atoms with Crippen molar-refractivity contribution in [1.29, 1.82) is 0 Å². The Morgan fingerprint density at radius 1 is 1.37 bits per heavy atom. The van der Waals surface area contributed by atoms with Gasteiger partial charge in [-0.2, -0.15) is 0 Å². The first-order valence-corrected chi connectivity index (χ1v) is 5.98. The summed E-state index contributed by atoms with van der Waals surface area (Å²) >= 11 is 0. The molecule has 0 spiro atoms. The summed E-state index contributed by atoms with van der Waals surface area (Å²) in [6.45, 7) is 3.37. The number of rotatable bonds is 5. The van der Waals surface area contributed by atoms with Gasteiger partial charge in [0.25, 0.3) is 0 Å². The van der Waals surface area contributed by atoms with Gasteiger partial charge in [0.2, 0.25) is 0 Å². The van der Waals surface area contributed by atoms with Gasteiger partial charge in [0, 0.05) is 12.6 Å². The Morgan fingerprint density at radius 3 is 2.74 bits per heavy atom. The van der Waals surface area contributed by atoms with Crippen LogP contribution in [0.2, 0.25) is 0 Å². The monoisotopic (exact) mass is 260 g/mol. The molecule has 1 heterocycles. The molecule has 0 aliphatic carbocycles. The Hall–Kier alpha value is -2.14. The van der Waals surface area contributed by atoms with Crippen molar-refractivity contribution < 1.29 is 14.4 Å². The van der Waals surface area contributed by atoms with Gasteiger partial charge in [-0.3, -0.25) is 4.90 Å². The van der Waals surface area contributed by atoms with E-state index in [4.69, 9.17) is 9.63 Å². The van der Waals surface area contributed by atoms with Gasteiger partial charge in [-0.25, -0.2) is 4.79 Å². The molecule has 0 amide bonds. The number of aromatic carboxylic acids is 1. The zero-order chi connectivity index (χ0) is 13.8. The Morgan fingerprint density at radius 2 is 2.11 bits per heavy atom. The minimum absolute atomic E-state index is 0.0562. The third kappa shape index (κ3) is 3.42. The lowest BCUT2D eigenvalue weighted by Crippen LogP contribution is -2.17. The first-order chi connectivity index (χ1) is 9.06. The van der Waals surface area contributed by atoms with Gasteiger partial charge < -0.3 is 9.63 Å². The molecular weight excluding hydrogens is 244 g/mol. The summed E-state index contributed by atoms with van der Waals surface area (Å²) in [4.78, 5) is 12.7. The minimum Gasteiger partial charge on any atom is -0.476 e. The van der Waals surface area contributed by atoms with Crippen LogP contribution >= 0.6 is 0 Å². The summed E-state index contributed by atoms with van der Waals surface area (Å²) in [6, 6.07) is 9.62. The van der Waals surface area contributed by atoms with E-state index in [9.17, 15) is 4.79 Å². The lowest BCUT2D eigenvalue weighted by Gasteiger charge is -2.16. The average Bonchev–Trinajstić information content (AvgIpc) is 2.80. The number of carboxylic acids is 1. The molecule has 1 aromatic heterocycles. The van der Waals surface area contributed by atoms with Crippen LogP contribution in [0.4, 0.5) is 0 Å². The van der Waals surface area contributed by atoms with E-state index < -0.39 is 5.97 Å². The fraction of sp³-hybridized carbons (Fsp3) is 0.286. The zero-order valence-corrected chi connectivity index (χ0v) is 11.0. The van der Waals surface area contributed by atoms with E-state index >= 15 is 0 Å². The van der Waals surface area contributed by atoms with Gasteiger partial charge in [0.1, 0.15) is 0 Å². The van der Waals surface area contributed by atoms with E-state index in [2.05, 4.69) is 29.1 Å². The van der Waals surface area contributed by atoms with E-state index in [1.165, 1.54) is 17.2 Å². The molecule has 0 aliphatic rings. The summed E-state index contributed by atoms with van der Waals surface area (Å²) < 4.78 is 4.99. The Bertz CT molecular complexity index is 578. The normalized spacial score (nSPS) is 10.9. The van der Waals surface area contributed by atoms with E-state index in [1.807, 2.05) is 19.2 Å². The van der Waals surface area contributed by atoms with Gasteiger partial charge in [0.05, 0.1) is 6.54 Å². The highest BCUT2D eigenvalue weighted by Gasteiger charge is 2.12. The van der Waals surface area contributed by atoms with Gasteiger partial charge in [-0.05, 0) is 25.1 Å². The molecule has 1 N–H and O–H groups in total. The molecule has 5 heteroatoms. The molecule has 2 aromatic rings. The Balaban J connectivity index is 1.99. The molecule has 19 heavy (non-hydrogen) atoms. The summed E-state index contributed by atoms with van der Waals surface area (Å²) in [5.74, 6) is -0.523. The maximum absolute atomic E-state index is 10.7. The molecule has 100 valence electrons. The van der Waals surface area contributed by atoms with E-state index in [0.717, 1.165) is 6.54 Å². The molecule has 0 radical (unpaired) electrons. The van der Waals surface area contributed by atoms with Crippen molar-refractivity contribution in [3.8, 4) is 0 Å². The Labute approximate surface area is 111 Å². The van der Waals surface area contributed by atoms with Gasteiger partial charge >= 0.3 is 5.97 Å². The van der Waals surface area contributed by atoms with E-state index in [-0.39, 0.29) is 5.69 Å². The molecule has 0 unspecified atom stereocenters. The van der Waals surface area contributed by atoms with Crippen molar-refractivity contribution in [3.05, 3.63) is 52.9 Å². The van der Waals surface area contributed by atoms with Crippen LogP contribution in [-0.2, 0) is 13.1 Å². The molecule has 0 saturated carbocycles. The molecule has 0 fully saturated rings.